The van der Waals surface area contributed by atoms with Gasteiger partial charge in [0, 0.05) is 18.0 Å². The molecule has 1 aliphatic carbocycles. The van der Waals surface area contributed by atoms with Crippen LogP contribution in [-0.2, 0) is 0 Å². The average molecular weight is 323 g/mol. The van der Waals surface area contributed by atoms with E-state index in [9.17, 15) is 9.90 Å². The molecule has 124 valence electrons. The number of amides is 1. The van der Waals surface area contributed by atoms with Gasteiger partial charge in [0.15, 0.2) is 5.76 Å². The van der Waals surface area contributed by atoms with Crippen LogP contribution in [0.25, 0.3) is 0 Å². The Kier molecular flexibility index (Phi) is 4.73. The van der Waals surface area contributed by atoms with Gasteiger partial charge in [-0.05, 0) is 56.0 Å². The summed E-state index contributed by atoms with van der Waals surface area (Å²) in [6.07, 6.45) is 4.18. The van der Waals surface area contributed by atoms with E-state index in [1.165, 1.54) is 6.26 Å². The number of rotatable bonds is 2. The van der Waals surface area contributed by atoms with Crippen molar-refractivity contribution < 1.29 is 14.3 Å². The first-order valence-electron chi connectivity index (χ1n) is 8.21. The minimum absolute atomic E-state index is 0.104. The van der Waals surface area contributed by atoms with Gasteiger partial charge >= 0.3 is 0 Å². The molecule has 24 heavy (non-hydrogen) atoms. The van der Waals surface area contributed by atoms with Gasteiger partial charge in [0.05, 0.1) is 6.26 Å². The smallest absolute Gasteiger partial charge is 0.287 e. The summed E-state index contributed by atoms with van der Waals surface area (Å²) in [4.78, 5) is 12.1. The molecule has 0 saturated heterocycles. The zero-order chi connectivity index (χ0) is 17.0. The summed E-state index contributed by atoms with van der Waals surface area (Å²) < 4.78 is 5.10. The Hall–Kier alpha value is -2.51. The Morgan fingerprint density at radius 3 is 3.00 bits per heavy atom. The van der Waals surface area contributed by atoms with Crippen LogP contribution in [0.2, 0.25) is 0 Å². The third kappa shape index (κ3) is 4.06. The molecular formula is C20H21NO3. The van der Waals surface area contributed by atoms with Gasteiger partial charge in [-0.1, -0.05) is 24.0 Å². The summed E-state index contributed by atoms with van der Waals surface area (Å²) in [5.74, 6) is 6.11. The molecule has 4 heteroatoms. The van der Waals surface area contributed by atoms with Crippen molar-refractivity contribution in [1.29, 1.82) is 0 Å². The minimum Gasteiger partial charge on any atom is -0.459 e. The Labute approximate surface area is 141 Å². The highest BCUT2D eigenvalue weighted by atomic mass is 16.3. The lowest BCUT2D eigenvalue weighted by Gasteiger charge is -2.33. The van der Waals surface area contributed by atoms with Crippen molar-refractivity contribution in [2.45, 2.75) is 44.2 Å². The number of carbonyl (C=O) groups is 1. The Bertz CT molecular complexity index is 770. The van der Waals surface area contributed by atoms with Gasteiger partial charge in [0.2, 0.25) is 0 Å². The van der Waals surface area contributed by atoms with E-state index in [0.29, 0.717) is 12.8 Å². The predicted octanol–water partition coefficient (Wildman–Crippen LogP) is 3.04. The number of furan rings is 1. The van der Waals surface area contributed by atoms with Crippen molar-refractivity contribution in [3.8, 4) is 11.8 Å². The van der Waals surface area contributed by atoms with Crippen molar-refractivity contribution in [2.75, 3.05) is 0 Å². The average Bonchev–Trinajstić information content (AvgIpc) is 3.08. The van der Waals surface area contributed by atoms with Crippen LogP contribution in [0.4, 0.5) is 0 Å². The van der Waals surface area contributed by atoms with E-state index < -0.39 is 5.60 Å². The molecule has 2 atom stereocenters. The van der Waals surface area contributed by atoms with E-state index in [0.717, 1.165) is 24.0 Å². The molecule has 1 amide bonds. The van der Waals surface area contributed by atoms with Gasteiger partial charge in [0.25, 0.3) is 5.91 Å². The maximum atomic E-state index is 12.1. The number of aliphatic hydroxyl groups is 1. The Morgan fingerprint density at radius 2 is 2.25 bits per heavy atom. The molecule has 4 nitrogen and oxygen atoms in total. The van der Waals surface area contributed by atoms with Crippen molar-refractivity contribution in [1.82, 2.24) is 5.32 Å². The van der Waals surface area contributed by atoms with Crippen LogP contribution < -0.4 is 5.32 Å². The van der Waals surface area contributed by atoms with Crippen molar-refractivity contribution in [3.05, 3.63) is 59.5 Å². The molecule has 0 aliphatic heterocycles. The molecule has 2 aromatic rings. The summed E-state index contributed by atoms with van der Waals surface area (Å²) in [6, 6.07) is 11.1. The fraction of sp³-hybridized carbons (Fsp3) is 0.350. The summed E-state index contributed by atoms with van der Waals surface area (Å²) in [5, 5.41) is 13.7. The Balaban J connectivity index is 1.67. The van der Waals surface area contributed by atoms with Crippen LogP contribution in [0.1, 0.15) is 47.4 Å². The van der Waals surface area contributed by atoms with Crippen LogP contribution in [0, 0.1) is 18.8 Å². The monoisotopic (exact) mass is 323 g/mol. The van der Waals surface area contributed by atoms with Gasteiger partial charge < -0.3 is 14.8 Å². The summed E-state index contributed by atoms with van der Waals surface area (Å²) in [6.45, 7) is 2.01. The number of carbonyl (C=O) groups excluding carboxylic acids is 1. The van der Waals surface area contributed by atoms with Gasteiger partial charge in [-0.15, -0.1) is 0 Å². The molecule has 1 aromatic heterocycles. The summed E-state index contributed by atoms with van der Waals surface area (Å²) in [5.41, 5.74) is 0.967. The largest absolute Gasteiger partial charge is 0.459 e. The lowest BCUT2D eigenvalue weighted by atomic mass is 9.82. The fourth-order valence-electron chi connectivity index (χ4n) is 3.06. The third-order valence-corrected chi connectivity index (χ3v) is 4.26. The Morgan fingerprint density at radius 1 is 1.38 bits per heavy atom. The molecule has 0 radical (unpaired) electrons. The second-order valence-electron chi connectivity index (χ2n) is 6.40. The van der Waals surface area contributed by atoms with E-state index in [4.69, 9.17) is 4.42 Å². The van der Waals surface area contributed by atoms with Gasteiger partial charge in [0.1, 0.15) is 5.60 Å². The van der Waals surface area contributed by atoms with E-state index >= 15 is 0 Å². The molecule has 0 spiro atoms. The van der Waals surface area contributed by atoms with Gasteiger partial charge in [-0.2, -0.15) is 0 Å². The van der Waals surface area contributed by atoms with Gasteiger partial charge in [-0.3, -0.25) is 4.79 Å². The molecule has 0 bridgehead atoms. The van der Waals surface area contributed by atoms with Crippen LogP contribution in [0.15, 0.2) is 47.1 Å². The number of benzene rings is 1. The van der Waals surface area contributed by atoms with E-state index in [1.807, 2.05) is 31.2 Å². The minimum atomic E-state index is -1.07. The first-order valence-corrected chi connectivity index (χ1v) is 8.21. The highest BCUT2D eigenvalue weighted by molar-refractivity contribution is 5.91. The first-order chi connectivity index (χ1) is 11.5. The molecule has 3 rings (SSSR count). The van der Waals surface area contributed by atoms with Crippen LogP contribution >= 0.6 is 0 Å². The summed E-state index contributed by atoms with van der Waals surface area (Å²) >= 11 is 0. The SMILES string of the molecule is Cc1cccc(C#C[C@@]2(O)CCC[C@@H](NC(=O)c3ccco3)C2)c1. The third-order valence-electron chi connectivity index (χ3n) is 4.26. The van der Waals surface area contributed by atoms with E-state index in [-0.39, 0.29) is 17.7 Å². The van der Waals surface area contributed by atoms with Crippen LogP contribution in [0.5, 0.6) is 0 Å². The van der Waals surface area contributed by atoms with Crippen molar-refractivity contribution >= 4 is 5.91 Å². The molecule has 1 aromatic carbocycles. The highest BCUT2D eigenvalue weighted by Gasteiger charge is 2.33. The number of aryl methyl sites for hydroxylation is 1. The lowest BCUT2D eigenvalue weighted by molar-refractivity contribution is 0.0448. The van der Waals surface area contributed by atoms with Crippen molar-refractivity contribution in [3.63, 3.8) is 0 Å². The van der Waals surface area contributed by atoms with Gasteiger partial charge in [-0.25, -0.2) is 0 Å². The zero-order valence-electron chi connectivity index (χ0n) is 13.7. The quantitative estimate of drug-likeness (QED) is 0.835. The lowest BCUT2D eigenvalue weighted by Crippen LogP contribution is -2.45. The van der Waals surface area contributed by atoms with Crippen LogP contribution in [0.3, 0.4) is 0 Å². The summed E-state index contributed by atoms with van der Waals surface area (Å²) in [7, 11) is 0. The standard InChI is InChI=1S/C20H21NO3/c1-15-5-2-6-16(13-15)9-11-20(23)10-3-7-17(14-20)21-19(22)18-8-4-12-24-18/h2,4-6,8,12-13,17,23H,3,7,10,14H2,1H3,(H,21,22)/t17-,20+/m1/s1. The first kappa shape index (κ1) is 16.4. The number of nitrogens with one attached hydrogen (secondary N) is 1. The maximum Gasteiger partial charge on any atom is 0.287 e. The topological polar surface area (TPSA) is 62.5 Å². The highest BCUT2D eigenvalue weighted by Crippen LogP contribution is 2.28. The maximum absolute atomic E-state index is 12.1. The molecule has 2 N–H and O–H groups in total. The van der Waals surface area contributed by atoms with E-state index in [2.05, 4.69) is 17.2 Å². The molecule has 1 heterocycles. The molecule has 1 aliphatic rings. The molecular weight excluding hydrogens is 302 g/mol. The molecule has 0 unspecified atom stereocenters. The van der Waals surface area contributed by atoms with Crippen LogP contribution in [-0.4, -0.2) is 22.7 Å². The second kappa shape index (κ2) is 6.94. The molecule has 1 saturated carbocycles. The van der Waals surface area contributed by atoms with E-state index in [1.54, 1.807) is 12.1 Å². The number of hydrogen-bond donors (Lipinski definition) is 2. The zero-order valence-corrected chi connectivity index (χ0v) is 13.7. The predicted molar refractivity (Wildman–Crippen MR) is 91.4 cm³/mol. The molecule has 1 fully saturated rings. The number of hydrogen-bond acceptors (Lipinski definition) is 3. The van der Waals surface area contributed by atoms with Crippen molar-refractivity contribution in [2.24, 2.45) is 0 Å². The normalized spacial score (nSPS) is 23.2. The second-order valence-corrected chi connectivity index (χ2v) is 6.40. The fourth-order valence-corrected chi connectivity index (χ4v) is 3.06.